The van der Waals surface area contributed by atoms with Gasteiger partial charge in [-0.15, -0.1) is 0 Å². The molecule has 3 aliphatic rings. The highest BCUT2D eigenvalue weighted by Crippen LogP contribution is 2.41. The van der Waals surface area contributed by atoms with Crippen LogP contribution in [0.4, 0.5) is 0 Å². The normalized spacial score (nSPS) is 26.7. The number of nitrogens with zero attached hydrogens (tertiary/aromatic N) is 3. The fraction of sp³-hybridized carbons (Fsp3) is 0.650. The molecule has 1 aromatic heterocycles. The lowest BCUT2D eigenvalue weighted by molar-refractivity contribution is -0.151. The predicted octanol–water partition coefficient (Wildman–Crippen LogP) is 0.868. The van der Waals surface area contributed by atoms with Crippen LogP contribution >= 0.6 is 0 Å². The van der Waals surface area contributed by atoms with Crippen LogP contribution in [0.5, 0.6) is 0 Å². The molecule has 27 heavy (non-hydrogen) atoms. The standard InChI is InChI=1S/C20H27N3O4/c24-17-4-1-2-9-21(17)14-18(25)22-11-8-20(15-22)7-3-10-23(19(20)26)16-5-12-27-13-6-16/h1-2,4,9,16H,3,5-8,10-15H2/t20-/m1/s1. The number of carbonyl (C=O) groups is 2. The Hall–Kier alpha value is -2.15. The molecule has 0 saturated carbocycles. The van der Waals surface area contributed by atoms with Crippen LogP contribution in [-0.4, -0.2) is 65.1 Å². The van der Waals surface area contributed by atoms with E-state index in [0.717, 1.165) is 51.9 Å². The highest BCUT2D eigenvalue weighted by Gasteiger charge is 2.50. The number of hydrogen-bond donors (Lipinski definition) is 0. The second kappa shape index (κ2) is 7.46. The Kier molecular flexibility index (Phi) is 5.04. The van der Waals surface area contributed by atoms with Crippen molar-refractivity contribution in [2.75, 3.05) is 32.8 Å². The number of piperidine rings is 1. The van der Waals surface area contributed by atoms with Gasteiger partial charge in [-0.05, 0) is 38.2 Å². The molecule has 4 rings (SSSR count). The fourth-order valence-corrected chi connectivity index (χ4v) is 4.75. The van der Waals surface area contributed by atoms with E-state index in [9.17, 15) is 14.4 Å². The molecule has 1 spiro atoms. The van der Waals surface area contributed by atoms with Crippen molar-refractivity contribution in [1.29, 1.82) is 0 Å². The van der Waals surface area contributed by atoms with E-state index >= 15 is 0 Å². The van der Waals surface area contributed by atoms with Crippen LogP contribution in [0.3, 0.4) is 0 Å². The fourth-order valence-electron chi connectivity index (χ4n) is 4.75. The van der Waals surface area contributed by atoms with Gasteiger partial charge in [0.05, 0.1) is 5.41 Å². The summed E-state index contributed by atoms with van der Waals surface area (Å²) in [6, 6.07) is 5.14. The molecule has 0 radical (unpaired) electrons. The monoisotopic (exact) mass is 373 g/mol. The van der Waals surface area contributed by atoms with Crippen LogP contribution in [0.1, 0.15) is 32.1 Å². The summed E-state index contributed by atoms with van der Waals surface area (Å²) >= 11 is 0. The first-order valence-electron chi connectivity index (χ1n) is 9.91. The largest absolute Gasteiger partial charge is 0.381 e. The minimum atomic E-state index is -0.437. The van der Waals surface area contributed by atoms with Crippen LogP contribution in [0.25, 0.3) is 0 Å². The number of ether oxygens (including phenoxy) is 1. The maximum absolute atomic E-state index is 13.3. The number of likely N-dealkylation sites (tertiary alicyclic amines) is 2. The van der Waals surface area contributed by atoms with E-state index in [2.05, 4.69) is 4.90 Å². The molecule has 3 aliphatic heterocycles. The third kappa shape index (κ3) is 3.52. The summed E-state index contributed by atoms with van der Waals surface area (Å²) < 4.78 is 6.86. The Morgan fingerprint density at radius 1 is 1.15 bits per heavy atom. The Morgan fingerprint density at radius 3 is 2.74 bits per heavy atom. The molecule has 4 heterocycles. The molecular formula is C20H27N3O4. The Morgan fingerprint density at radius 2 is 1.96 bits per heavy atom. The molecule has 7 heteroatoms. The number of rotatable bonds is 3. The molecule has 7 nitrogen and oxygen atoms in total. The van der Waals surface area contributed by atoms with Crippen molar-refractivity contribution >= 4 is 11.8 Å². The summed E-state index contributed by atoms with van der Waals surface area (Å²) in [5.41, 5.74) is -0.618. The van der Waals surface area contributed by atoms with Crippen LogP contribution in [-0.2, 0) is 20.9 Å². The zero-order valence-corrected chi connectivity index (χ0v) is 15.6. The molecule has 2 amide bonds. The topological polar surface area (TPSA) is 71.8 Å². The molecule has 0 unspecified atom stereocenters. The van der Waals surface area contributed by atoms with E-state index in [1.165, 1.54) is 10.6 Å². The number of hydrogen-bond acceptors (Lipinski definition) is 4. The van der Waals surface area contributed by atoms with Crippen LogP contribution in [0, 0.1) is 5.41 Å². The van der Waals surface area contributed by atoms with E-state index in [4.69, 9.17) is 4.74 Å². The summed E-state index contributed by atoms with van der Waals surface area (Å²) in [5, 5.41) is 0. The summed E-state index contributed by atoms with van der Waals surface area (Å²) in [5.74, 6) is 0.129. The first-order valence-corrected chi connectivity index (χ1v) is 9.91. The molecule has 0 N–H and O–H groups in total. The lowest BCUT2D eigenvalue weighted by Crippen LogP contribution is -2.55. The number of carbonyl (C=O) groups excluding carboxylic acids is 2. The number of amides is 2. The Labute approximate surface area is 158 Å². The van der Waals surface area contributed by atoms with Crippen LogP contribution in [0.15, 0.2) is 29.2 Å². The van der Waals surface area contributed by atoms with Gasteiger partial charge >= 0.3 is 0 Å². The first-order chi connectivity index (χ1) is 13.1. The third-order valence-corrected chi connectivity index (χ3v) is 6.31. The average Bonchev–Trinajstić information content (AvgIpc) is 3.12. The van der Waals surface area contributed by atoms with Crippen molar-refractivity contribution in [3.05, 3.63) is 34.7 Å². The lowest BCUT2D eigenvalue weighted by atomic mass is 9.77. The highest BCUT2D eigenvalue weighted by atomic mass is 16.5. The van der Waals surface area contributed by atoms with Crippen molar-refractivity contribution in [1.82, 2.24) is 14.4 Å². The molecule has 1 aromatic rings. The third-order valence-electron chi connectivity index (χ3n) is 6.31. The van der Waals surface area contributed by atoms with Crippen molar-refractivity contribution < 1.29 is 14.3 Å². The molecule has 0 aliphatic carbocycles. The maximum atomic E-state index is 13.3. The van der Waals surface area contributed by atoms with Gasteiger partial charge in [-0.25, -0.2) is 0 Å². The SMILES string of the molecule is O=C(Cn1ccccc1=O)N1CC[C@]2(CCCN(C3CCOCC3)C2=O)C1. The zero-order chi connectivity index (χ0) is 18.9. The predicted molar refractivity (Wildman–Crippen MR) is 99.1 cm³/mol. The van der Waals surface area contributed by atoms with Gasteiger partial charge in [-0.1, -0.05) is 6.07 Å². The lowest BCUT2D eigenvalue weighted by Gasteiger charge is -2.44. The van der Waals surface area contributed by atoms with E-state index in [0.29, 0.717) is 13.1 Å². The van der Waals surface area contributed by atoms with Gasteiger partial charge in [0.25, 0.3) is 5.56 Å². The van der Waals surface area contributed by atoms with E-state index in [1.807, 2.05) is 0 Å². The summed E-state index contributed by atoms with van der Waals surface area (Å²) in [6.07, 6.45) is 6.00. The summed E-state index contributed by atoms with van der Waals surface area (Å²) in [7, 11) is 0. The number of aromatic nitrogens is 1. The van der Waals surface area contributed by atoms with Crippen molar-refractivity contribution in [2.24, 2.45) is 5.41 Å². The molecule has 0 bridgehead atoms. The van der Waals surface area contributed by atoms with E-state index < -0.39 is 5.41 Å². The van der Waals surface area contributed by atoms with Gasteiger partial charge < -0.3 is 19.1 Å². The second-order valence-corrected chi connectivity index (χ2v) is 7.96. The highest BCUT2D eigenvalue weighted by molar-refractivity contribution is 5.86. The van der Waals surface area contributed by atoms with Crippen LogP contribution in [0.2, 0.25) is 0 Å². The van der Waals surface area contributed by atoms with Crippen LogP contribution < -0.4 is 5.56 Å². The molecule has 1 atom stereocenters. The van der Waals surface area contributed by atoms with Gasteiger partial charge in [0, 0.05) is 51.2 Å². The Balaban J connectivity index is 1.44. The smallest absolute Gasteiger partial charge is 0.250 e. The van der Waals surface area contributed by atoms with Gasteiger partial charge in [-0.2, -0.15) is 0 Å². The molecule has 146 valence electrons. The van der Waals surface area contributed by atoms with Crippen molar-refractivity contribution in [3.63, 3.8) is 0 Å². The number of pyridine rings is 1. The van der Waals surface area contributed by atoms with Crippen molar-refractivity contribution in [2.45, 2.75) is 44.7 Å². The van der Waals surface area contributed by atoms with Gasteiger partial charge in [0.2, 0.25) is 11.8 Å². The molecule has 3 saturated heterocycles. The maximum Gasteiger partial charge on any atom is 0.250 e. The summed E-state index contributed by atoms with van der Waals surface area (Å²) in [6.45, 7) is 3.36. The first kappa shape index (κ1) is 18.2. The molecule has 3 fully saturated rings. The van der Waals surface area contributed by atoms with Gasteiger partial charge in [0.15, 0.2) is 0 Å². The Bertz CT molecular complexity index is 770. The minimum absolute atomic E-state index is 0.0353. The average molecular weight is 373 g/mol. The minimum Gasteiger partial charge on any atom is -0.381 e. The van der Waals surface area contributed by atoms with Gasteiger partial charge in [0.1, 0.15) is 6.54 Å². The molecule has 0 aromatic carbocycles. The zero-order valence-electron chi connectivity index (χ0n) is 15.6. The second-order valence-electron chi connectivity index (χ2n) is 7.96. The van der Waals surface area contributed by atoms with Crippen molar-refractivity contribution in [3.8, 4) is 0 Å². The summed E-state index contributed by atoms with van der Waals surface area (Å²) in [4.78, 5) is 41.7. The van der Waals surface area contributed by atoms with Gasteiger partial charge in [-0.3, -0.25) is 14.4 Å². The quantitative estimate of drug-likeness (QED) is 0.788. The molecular weight excluding hydrogens is 346 g/mol. The van der Waals surface area contributed by atoms with E-state index in [1.54, 1.807) is 23.2 Å². The van der Waals surface area contributed by atoms with E-state index in [-0.39, 0.29) is 30.0 Å².